The summed E-state index contributed by atoms with van der Waals surface area (Å²) in [6.07, 6.45) is 1.76. The highest BCUT2D eigenvalue weighted by molar-refractivity contribution is 5.28. The fraction of sp³-hybridized carbons (Fsp3) is 0.273. The normalized spacial score (nSPS) is 14.7. The van der Waals surface area contributed by atoms with Crippen LogP contribution in [0.2, 0.25) is 0 Å². The molecule has 1 atom stereocenters. The molecule has 2 aromatic rings. The van der Waals surface area contributed by atoms with Crippen molar-refractivity contribution in [2.24, 2.45) is 0 Å². The van der Waals surface area contributed by atoms with Crippen molar-refractivity contribution < 1.29 is 9.50 Å². The first-order valence-electron chi connectivity index (χ1n) is 5.01. The topological polar surface area (TPSA) is 61.8 Å². The van der Waals surface area contributed by atoms with Gasteiger partial charge in [-0.2, -0.15) is 5.10 Å². The number of H-pyrrole nitrogens is 1. The first kappa shape index (κ1) is 10.8. The van der Waals surface area contributed by atoms with Gasteiger partial charge in [-0.1, -0.05) is 19.1 Å². The summed E-state index contributed by atoms with van der Waals surface area (Å²) in [7, 11) is 0. The number of aromatic amines is 1. The summed E-state index contributed by atoms with van der Waals surface area (Å²) in [4.78, 5) is 3.95. The first-order chi connectivity index (χ1) is 7.66. The molecular formula is C11H12FN3O. The van der Waals surface area contributed by atoms with Crippen molar-refractivity contribution >= 4 is 0 Å². The number of benzene rings is 1. The SMILES string of the molecule is CCC(O)(c1ccc(F)cc1)c1ncn[nH]1. The number of rotatable bonds is 3. The third-order valence-corrected chi connectivity index (χ3v) is 2.64. The van der Waals surface area contributed by atoms with E-state index in [1.54, 1.807) is 12.1 Å². The molecule has 2 N–H and O–H groups in total. The van der Waals surface area contributed by atoms with Crippen LogP contribution in [-0.4, -0.2) is 20.3 Å². The van der Waals surface area contributed by atoms with E-state index < -0.39 is 5.60 Å². The molecule has 0 amide bonds. The average molecular weight is 221 g/mol. The highest BCUT2D eigenvalue weighted by Crippen LogP contribution is 2.29. The van der Waals surface area contributed by atoms with Gasteiger partial charge in [0.15, 0.2) is 5.82 Å². The Hall–Kier alpha value is -1.75. The molecule has 0 saturated carbocycles. The lowest BCUT2D eigenvalue weighted by Gasteiger charge is -2.24. The maximum atomic E-state index is 12.8. The number of aliphatic hydroxyl groups is 1. The average Bonchev–Trinajstić information content (AvgIpc) is 2.83. The second-order valence-electron chi connectivity index (χ2n) is 3.55. The van der Waals surface area contributed by atoms with Gasteiger partial charge in [-0.05, 0) is 24.1 Å². The summed E-state index contributed by atoms with van der Waals surface area (Å²) in [6.45, 7) is 1.83. The van der Waals surface area contributed by atoms with Crippen molar-refractivity contribution in [1.29, 1.82) is 0 Å². The van der Waals surface area contributed by atoms with Crippen molar-refractivity contribution in [2.75, 3.05) is 0 Å². The molecule has 0 spiro atoms. The Labute approximate surface area is 92.2 Å². The van der Waals surface area contributed by atoms with Crippen LogP contribution in [0.15, 0.2) is 30.6 Å². The van der Waals surface area contributed by atoms with Gasteiger partial charge in [0.1, 0.15) is 17.7 Å². The predicted molar refractivity (Wildman–Crippen MR) is 56.1 cm³/mol. The van der Waals surface area contributed by atoms with Gasteiger partial charge in [0.25, 0.3) is 0 Å². The van der Waals surface area contributed by atoms with Crippen LogP contribution in [0, 0.1) is 5.82 Å². The largest absolute Gasteiger partial charge is 0.377 e. The highest BCUT2D eigenvalue weighted by atomic mass is 19.1. The highest BCUT2D eigenvalue weighted by Gasteiger charge is 2.32. The Morgan fingerprint density at radius 1 is 1.38 bits per heavy atom. The van der Waals surface area contributed by atoms with Gasteiger partial charge < -0.3 is 5.11 Å². The third-order valence-electron chi connectivity index (χ3n) is 2.64. The standard InChI is InChI=1S/C11H12FN3O/c1-2-11(16,10-13-7-14-15-10)8-3-5-9(12)6-4-8/h3-7,16H,2H2,1H3,(H,13,14,15). The van der Waals surface area contributed by atoms with Crippen LogP contribution < -0.4 is 0 Å². The number of nitrogens with zero attached hydrogens (tertiary/aromatic N) is 2. The molecule has 0 bridgehead atoms. The summed E-state index contributed by atoms with van der Waals surface area (Å²) >= 11 is 0. The molecule has 0 aliphatic heterocycles. The number of hydrogen-bond acceptors (Lipinski definition) is 3. The van der Waals surface area contributed by atoms with Gasteiger partial charge in [-0.3, -0.25) is 5.10 Å². The zero-order valence-corrected chi connectivity index (χ0v) is 8.81. The second-order valence-corrected chi connectivity index (χ2v) is 3.55. The van der Waals surface area contributed by atoms with Crippen LogP contribution in [0.3, 0.4) is 0 Å². The zero-order valence-electron chi connectivity index (χ0n) is 8.81. The fourth-order valence-corrected chi connectivity index (χ4v) is 1.64. The fourth-order valence-electron chi connectivity index (χ4n) is 1.64. The zero-order chi connectivity index (χ0) is 11.6. The smallest absolute Gasteiger partial charge is 0.160 e. The lowest BCUT2D eigenvalue weighted by molar-refractivity contribution is 0.0672. The number of hydrogen-bond donors (Lipinski definition) is 2. The van der Waals surface area contributed by atoms with Crippen molar-refractivity contribution in [2.45, 2.75) is 18.9 Å². The minimum Gasteiger partial charge on any atom is -0.377 e. The molecule has 0 aliphatic rings. The Morgan fingerprint density at radius 2 is 2.06 bits per heavy atom. The summed E-state index contributed by atoms with van der Waals surface area (Å²) in [6, 6.07) is 5.71. The summed E-state index contributed by atoms with van der Waals surface area (Å²) in [5.41, 5.74) is -0.655. The maximum Gasteiger partial charge on any atom is 0.160 e. The molecule has 5 heteroatoms. The maximum absolute atomic E-state index is 12.8. The quantitative estimate of drug-likeness (QED) is 0.827. The molecule has 0 fully saturated rings. The number of nitrogens with one attached hydrogen (secondary N) is 1. The minimum atomic E-state index is -1.25. The molecule has 1 unspecified atom stereocenters. The summed E-state index contributed by atoms with van der Waals surface area (Å²) in [5, 5.41) is 16.8. The Morgan fingerprint density at radius 3 is 2.56 bits per heavy atom. The van der Waals surface area contributed by atoms with E-state index in [4.69, 9.17) is 0 Å². The number of aromatic nitrogens is 3. The van der Waals surface area contributed by atoms with E-state index in [9.17, 15) is 9.50 Å². The summed E-state index contributed by atoms with van der Waals surface area (Å²) < 4.78 is 12.8. The van der Waals surface area contributed by atoms with Gasteiger partial charge in [-0.25, -0.2) is 9.37 Å². The monoisotopic (exact) mass is 221 g/mol. The molecule has 0 radical (unpaired) electrons. The molecular weight excluding hydrogens is 209 g/mol. The lowest BCUT2D eigenvalue weighted by atomic mass is 9.90. The molecule has 1 aromatic heterocycles. The van der Waals surface area contributed by atoms with E-state index in [1.807, 2.05) is 6.92 Å². The molecule has 16 heavy (non-hydrogen) atoms. The Balaban J connectivity index is 2.46. The van der Waals surface area contributed by atoms with Crippen LogP contribution in [0.5, 0.6) is 0 Å². The molecule has 84 valence electrons. The van der Waals surface area contributed by atoms with Crippen LogP contribution >= 0.6 is 0 Å². The van der Waals surface area contributed by atoms with Crippen molar-refractivity contribution in [1.82, 2.24) is 15.2 Å². The predicted octanol–water partition coefficient (Wildman–Crippen LogP) is 1.59. The number of halogens is 1. The molecule has 1 aromatic carbocycles. The van der Waals surface area contributed by atoms with Gasteiger partial charge in [0.2, 0.25) is 0 Å². The van der Waals surface area contributed by atoms with Gasteiger partial charge >= 0.3 is 0 Å². The van der Waals surface area contributed by atoms with Crippen LogP contribution in [0.1, 0.15) is 24.7 Å². The van der Waals surface area contributed by atoms with Crippen LogP contribution in [-0.2, 0) is 5.60 Å². The second kappa shape index (κ2) is 4.02. The Kier molecular flexibility index (Phi) is 2.70. The van der Waals surface area contributed by atoms with E-state index in [1.165, 1.54) is 18.5 Å². The Bertz CT molecular complexity index is 455. The van der Waals surface area contributed by atoms with E-state index in [0.717, 1.165) is 0 Å². The van der Waals surface area contributed by atoms with Crippen LogP contribution in [0.25, 0.3) is 0 Å². The lowest BCUT2D eigenvalue weighted by Crippen LogP contribution is -2.27. The van der Waals surface area contributed by atoms with Crippen molar-refractivity contribution in [3.05, 3.63) is 47.8 Å². The molecule has 2 rings (SSSR count). The van der Waals surface area contributed by atoms with Crippen molar-refractivity contribution in [3.63, 3.8) is 0 Å². The molecule has 0 aliphatic carbocycles. The van der Waals surface area contributed by atoms with E-state index >= 15 is 0 Å². The molecule has 0 saturated heterocycles. The van der Waals surface area contributed by atoms with Crippen molar-refractivity contribution in [3.8, 4) is 0 Å². The van der Waals surface area contributed by atoms with E-state index in [2.05, 4.69) is 15.2 Å². The van der Waals surface area contributed by atoms with Gasteiger partial charge in [0, 0.05) is 0 Å². The van der Waals surface area contributed by atoms with Gasteiger partial charge in [-0.15, -0.1) is 0 Å². The molecule has 1 heterocycles. The first-order valence-corrected chi connectivity index (χ1v) is 5.01. The van der Waals surface area contributed by atoms with E-state index in [0.29, 0.717) is 17.8 Å². The molecule has 4 nitrogen and oxygen atoms in total. The van der Waals surface area contributed by atoms with Gasteiger partial charge in [0.05, 0.1) is 0 Å². The van der Waals surface area contributed by atoms with Crippen LogP contribution in [0.4, 0.5) is 4.39 Å². The van der Waals surface area contributed by atoms with E-state index in [-0.39, 0.29) is 5.82 Å². The third kappa shape index (κ3) is 1.69. The minimum absolute atomic E-state index is 0.334. The summed E-state index contributed by atoms with van der Waals surface area (Å²) in [5.74, 6) is 0.0291.